The van der Waals surface area contributed by atoms with Crippen molar-refractivity contribution >= 4 is 21.4 Å². The minimum absolute atomic E-state index is 0.398. The van der Waals surface area contributed by atoms with Crippen LogP contribution >= 0.6 is 11.3 Å². The van der Waals surface area contributed by atoms with Gasteiger partial charge in [-0.3, -0.25) is 0 Å². The van der Waals surface area contributed by atoms with Gasteiger partial charge in [-0.15, -0.1) is 11.3 Å². The van der Waals surface area contributed by atoms with E-state index in [9.17, 15) is 8.42 Å². The van der Waals surface area contributed by atoms with Crippen LogP contribution in [0.25, 0.3) is 0 Å². The maximum atomic E-state index is 12.3. The van der Waals surface area contributed by atoms with Gasteiger partial charge in [-0.2, -0.15) is 0 Å². The summed E-state index contributed by atoms with van der Waals surface area (Å²) in [4.78, 5) is 1.46. The van der Waals surface area contributed by atoms with E-state index < -0.39 is 10.0 Å². The highest BCUT2D eigenvalue weighted by Gasteiger charge is 2.24. The van der Waals surface area contributed by atoms with Crippen LogP contribution in [0.15, 0.2) is 16.3 Å². The molecule has 2 unspecified atom stereocenters. The van der Waals surface area contributed by atoms with Crippen molar-refractivity contribution in [2.75, 3.05) is 6.54 Å². The quantitative estimate of drug-likeness (QED) is 0.808. The molecule has 0 aromatic carbocycles. The molecule has 0 saturated heterocycles. The van der Waals surface area contributed by atoms with E-state index in [4.69, 9.17) is 0 Å². The summed E-state index contributed by atoms with van der Waals surface area (Å²) in [5.41, 5.74) is 0. The van der Waals surface area contributed by atoms with Gasteiger partial charge in [0, 0.05) is 29.4 Å². The molecule has 4 nitrogen and oxygen atoms in total. The molecule has 120 valence electrons. The van der Waals surface area contributed by atoms with Crippen molar-refractivity contribution in [1.29, 1.82) is 0 Å². The first kappa shape index (κ1) is 16.9. The topological polar surface area (TPSA) is 58.2 Å². The Hall–Kier alpha value is -0.430. The first-order valence-corrected chi connectivity index (χ1v) is 10.0. The van der Waals surface area contributed by atoms with Crippen LogP contribution < -0.4 is 10.0 Å². The largest absolute Gasteiger partial charge is 0.310 e. The Balaban J connectivity index is 1.90. The van der Waals surface area contributed by atoms with Gasteiger partial charge in [0.05, 0.1) is 4.90 Å². The smallest absolute Gasteiger partial charge is 0.241 e. The molecule has 1 fully saturated rings. The van der Waals surface area contributed by atoms with Gasteiger partial charge in [-0.25, -0.2) is 13.1 Å². The standard InChI is InChI=1S/C15H26N2O2S2/c1-11(2)16-9-14-7-15(10-20-14)21(18,19)17-8-13-5-4-12(3)6-13/h7,10-13,16-17H,4-6,8-9H2,1-3H3. The minimum Gasteiger partial charge on any atom is -0.310 e. The zero-order chi connectivity index (χ0) is 15.5. The van der Waals surface area contributed by atoms with Crippen molar-refractivity contribution in [2.45, 2.75) is 57.5 Å². The highest BCUT2D eigenvalue weighted by atomic mass is 32.2. The fourth-order valence-electron chi connectivity index (χ4n) is 2.72. The van der Waals surface area contributed by atoms with E-state index >= 15 is 0 Å². The van der Waals surface area contributed by atoms with Crippen LogP contribution in [0, 0.1) is 11.8 Å². The third kappa shape index (κ3) is 5.06. The third-order valence-corrected chi connectivity index (χ3v) is 6.48. The molecule has 0 radical (unpaired) electrons. The molecule has 0 bridgehead atoms. The van der Waals surface area contributed by atoms with Crippen molar-refractivity contribution in [3.63, 3.8) is 0 Å². The van der Waals surface area contributed by atoms with E-state index in [0.29, 0.717) is 23.4 Å². The van der Waals surface area contributed by atoms with Crippen LogP contribution in [0.1, 0.15) is 44.9 Å². The average Bonchev–Trinajstić information content (AvgIpc) is 3.03. The minimum atomic E-state index is -3.35. The van der Waals surface area contributed by atoms with Gasteiger partial charge in [-0.1, -0.05) is 27.2 Å². The summed E-state index contributed by atoms with van der Waals surface area (Å²) >= 11 is 1.50. The number of rotatable bonds is 7. The molecule has 1 saturated carbocycles. The Kier molecular flexibility index (Phi) is 5.82. The van der Waals surface area contributed by atoms with E-state index in [0.717, 1.165) is 30.2 Å². The van der Waals surface area contributed by atoms with Crippen molar-refractivity contribution in [1.82, 2.24) is 10.0 Å². The van der Waals surface area contributed by atoms with Crippen molar-refractivity contribution in [3.8, 4) is 0 Å². The van der Waals surface area contributed by atoms with Crippen LogP contribution in [0.2, 0.25) is 0 Å². The van der Waals surface area contributed by atoms with Crippen molar-refractivity contribution in [2.24, 2.45) is 11.8 Å². The number of hydrogen-bond acceptors (Lipinski definition) is 4. The molecule has 21 heavy (non-hydrogen) atoms. The lowest BCUT2D eigenvalue weighted by molar-refractivity contribution is 0.498. The summed E-state index contributed by atoms with van der Waals surface area (Å²) in [6, 6.07) is 2.18. The summed E-state index contributed by atoms with van der Waals surface area (Å²) in [7, 11) is -3.35. The first-order chi connectivity index (χ1) is 9.87. The summed E-state index contributed by atoms with van der Waals surface area (Å²) < 4.78 is 27.4. The van der Waals surface area contributed by atoms with Crippen LogP contribution in [0.4, 0.5) is 0 Å². The van der Waals surface area contributed by atoms with Crippen LogP contribution in [-0.4, -0.2) is 21.0 Å². The van der Waals surface area contributed by atoms with Gasteiger partial charge in [-0.05, 0) is 30.7 Å². The molecule has 1 heterocycles. The Labute approximate surface area is 132 Å². The molecule has 2 atom stereocenters. The van der Waals surface area contributed by atoms with Crippen molar-refractivity contribution < 1.29 is 8.42 Å². The molecule has 2 N–H and O–H groups in total. The summed E-state index contributed by atoms with van der Waals surface area (Å²) in [6.45, 7) is 7.69. The predicted molar refractivity (Wildman–Crippen MR) is 88.0 cm³/mol. The summed E-state index contributed by atoms with van der Waals surface area (Å²) in [5.74, 6) is 1.23. The van der Waals surface area contributed by atoms with Gasteiger partial charge < -0.3 is 5.32 Å². The van der Waals surface area contributed by atoms with Gasteiger partial charge in [0.1, 0.15) is 0 Å². The number of sulfonamides is 1. The van der Waals surface area contributed by atoms with E-state index in [2.05, 4.69) is 30.8 Å². The molecule has 0 aliphatic heterocycles. The van der Waals surface area contributed by atoms with Gasteiger partial charge in [0.15, 0.2) is 0 Å². The highest BCUT2D eigenvalue weighted by Crippen LogP contribution is 2.30. The molecule has 0 amide bonds. The van der Waals surface area contributed by atoms with Crippen LogP contribution in [-0.2, 0) is 16.6 Å². The lowest BCUT2D eigenvalue weighted by Crippen LogP contribution is -2.28. The zero-order valence-corrected chi connectivity index (χ0v) is 14.7. The SMILES string of the molecule is CC1CCC(CNS(=O)(=O)c2csc(CNC(C)C)c2)C1. The zero-order valence-electron chi connectivity index (χ0n) is 13.1. The van der Waals surface area contributed by atoms with E-state index in [1.54, 1.807) is 11.4 Å². The molecule has 6 heteroatoms. The van der Waals surface area contributed by atoms with Gasteiger partial charge in [0.2, 0.25) is 10.0 Å². The average molecular weight is 331 g/mol. The number of thiophene rings is 1. The molecular formula is C15H26N2O2S2. The highest BCUT2D eigenvalue weighted by molar-refractivity contribution is 7.89. The molecule has 1 aromatic rings. The van der Waals surface area contributed by atoms with Crippen molar-refractivity contribution in [3.05, 3.63) is 16.3 Å². The second-order valence-electron chi connectivity index (χ2n) is 6.42. The van der Waals surface area contributed by atoms with Gasteiger partial charge in [0.25, 0.3) is 0 Å². The third-order valence-electron chi connectivity index (χ3n) is 3.99. The molecule has 1 aliphatic rings. The maximum absolute atomic E-state index is 12.3. The Morgan fingerprint density at radius 1 is 1.38 bits per heavy atom. The van der Waals surface area contributed by atoms with Gasteiger partial charge >= 0.3 is 0 Å². The fourth-order valence-corrected chi connectivity index (χ4v) is 5.06. The van der Waals surface area contributed by atoms with Crippen LogP contribution in [0.3, 0.4) is 0 Å². The van der Waals surface area contributed by atoms with E-state index in [-0.39, 0.29) is 0 Å². The normalized spacial score (nSPS) is 23.0. The molecular weight excluding hydrogens is 304 g/mol. The lowest BCUT2D eigenvalue weighted by atomic mass is 10.1. The second-order valence-corrected chi connectivity index (χ2v) is 9.18. The maximum Gasteiger partial charge on any atom is 0.241 e. The van der Waals surface area contributed by atoms with E-state index in [1.807, 2.05) is 0 Å². The molecule has 0 spiro atoms. The Bertz CT molecular complexity index is 552. The lowest BCUT2D eigenvalue weighted by Gasteiger charge is -2.10. The fraction of sp³-hybridized carbons (Fsp3) is 0.733. The van der Waals surface area contributed by atoms with E-state index in [1.165, 1.54) is 17.8 Å². The molecule has 1 aromatic heterocycles. The summed E-state index contributed by atoms with van der Waals surface area (Å²) in [5, 5.41) is 5.04. The first-order valence-electron chi connectivity index (χ1n) is 7.67. The molecule has 1 aliphatic carbocycles. The number of hydrogen-bond donors (Lipinski definition) is 2. The van der Waals surface area contributed by atoms with Crippen LogP contribution in [0.5, 0.6) is 0 Å². The monoisotopic (exact) mass is 330 g/mol. The Morgan fingerprint density at radius 3 is 2.76 bits per heavy atom. The molecule has 2 rings (SSSR count). The Morgan fingerprint density at radius 2 is 2.14 bits per heavy atom. The summed E-state index contributed by atoms with van der Waals surface area (Å²) in [6.07, 6.45) is 3.49. The predicted octanol–water partition coefficient (Wildman–Crippen LogP) is 2.96. The second kappa shape index (κ2) is 7.22. The number of nitrogens with one attached hydrogen (secondary N) is 2.